The third-order valence-corrected chi connectivity index (χ3v) is 8.45. The number of aromatic nitrogens is 1. The van der Waals surface area contributed by atoms with Crippen LogP contribution < -0.4 is 10.2 Å². The molecule has 1 atom stereocenters. The van der Waals surface area contributed by atoms with Crippen LogP contribution in [-0.4, -0.2) is 30.6 Å². The van der Waals surface area contributed by atoms with E-state index in [0.29, 0.717) is 4.88 Å². The predicted octanol–water partition coefficient (Wildman–Crippen LogP) is 3.58. The number of thiophene rings is 1. The maximum atomic E-state index is 13.3. The topological polar surface area (TPSA) is 111 Å². The van der Waals surface area contributed by atoms with Crippen molar-refractivity contribution in [2.24, 2.45) is 0 Å². The summed E-state index contributed by atoms with van der Waals surface area (Å²) >= 11 is 1.03. The normalized spacial score (nSPS) is 12.4. The molecule has 0 fully saturated rings. The van der Waals surface area contributed by atoms with E-state index < -0.39 is 22.0 Å². The summed E-state index contributed by atoms with van der Waals surface area (Å²) in [5.74, 6) is 1.55. The van der Waals surface area contributed by atoms with E-state index in [4.69, 9.17) is 6.42 Å². The Bertz CT molecular complexity index is 1460. The molecule has 0 spiro atoms. The summed E-state index contributed by atoms with van der Waals surface area (Å²) in [6.45, 7) is 1.96. The van der Waals surface area contributed by atoms with Crippen molar-refractivity contribution in [1.82, 2.24) is 15.2 Å². The smallest absolute Gasteiger partial charge is 0.261 e. The highest BCUT2D eigenvalue weighted by Crippen LogP contribution is 2.34. The third kappa shape index (κ3) is 4.69. The summed E-state index contributed by atoms with van der Waals surface area (Å²) in [6, 6.07) is 15.5. The van der Waals surface area contributed by atoms with Gasteiger partial charge in [-0.05, 0) is 36.6 Å². The van der Waals surface area contributed by atoms with Crippen LogP contribution in [0, 0.1) is 19.3 Å². The van der Waals surface area contributed by atoms with Crippen LogP contribution in [0.25, 0.3) is 21.3 Å². The molecule has 0 radical (unpaired) electrons. The van der Waals surface area contributed by atoms with E-state index in [-0.39, 0.29) is 16.2 Å². The maximum Gasteiger partial charge on any atom is 0.261 e. The van der Waals surface area contributed by atoms with Gasteiger partial charge in [0.25, 0.3) is 15.9 Å². The number of terminal acetylenes is 1. The quantitative estimate of drug-likeness (QED) is 0.184. The highest BCUT2D eigenvalue weighted by Gasteiger charge is 2.30. The van der Waals surface area contributed by atoms with E-state index in [1.165, 1.54) is 0 Å². The van der Waals surface area contributed by atoms with Gasteiger partial charge in [0, 0.05) is 22.0 Å². The number of benzene rings is 2. The number of fused-ring (bicyclic) bond motifs is 1. The lowest BCUT2D eigenvalue weighted by Crippen LogP contribution is -2.47. The molecule has 9 heteroatoms. The first-order valence-electron chi connectivity index (χ1n) is 10.0. The van der Waals surface area contributed by atoms with Crippen LogP contribution in [0.5, 0.6) is 0 Å². The molecule has 4 N–H and O–H groups in total. The molecule has 2 aromatic carbocycles. The summed E-state index contributed by atoms with van der Waals surface area (Å²) in [4.78, 5) is 16.2. The van der Waals surface area contributed by atoms with Gasteiger partial charge in [-0.1, -0.05) is 53.9 Å². The largest absolute Gasteiger partial charge is 0.361 e. The number of aromatic amines is 1. The average Bonchev–Trinajstić information content (AvgIpc) is 3.43. The second kappa shape index (κ2) is 9.21. The number of amides is 1. The van der Waals surface area contributed by atoms with Crippen LogP contribution in [0.2, 0.25) is 0 Å². The van der Waals surface area contributed by atoms with Crippen LogP contribution in [0.1, 0.15) is 16.7 Å². The second-order valence-electron chi connectivity index (χ2n) is 7.54. The maximum absolute atomic E-state index is 13.3. The number of sulfonamides is 1. The first-order valence-corrected chi connectivity index (χ1v) is 12.3. The standard InChI is InChI=1S/C24H21N3O4S2/c1-3-16-13-22(17-10-8-15(2)9-11-17)32-24(16)33(30,31)27-21(23(28)26-29)12-18-14-25-20-7-5-4-6-19(18)20/h1,4-11,13-14,21,25,27,29H,12H2,2H3,(H,26,28). The van der Waals surface area contributed by atoms with Crippen LogP contribution in [0.4, 0.5) is 0 Å². The molecular formula is C24H21N3O4S2. The summed E-state index contributed by atoms with van der Waals surface area (Å²) in [5.41, 5.74) is 5.26. The van der Waals surface area contributed by atoms with Gasteiger partial charge in [-0.25, -0.2) is 13.9 Å². The summed E-state index contributed by atoms with van der Waals surface area (Å²) in [7, 11) is -4.17. The highest BCUT2D eigenvalue weighted by molar-refractivity contribution is 7.91. The van der Waals surface area contributed by atoms with Crippen molar-refractivity contribution in [2.45, 2.75) is 23.6 Å². The highest BCUT2D eigenvalue weighted by atomic mass is 32.2. The Balaban J connectivity index is 1.67. The number of carbonyl (C=O) groups excluding carboxylic acids is 1. The number of para-hydroxylation sites is 1. The molecule has 0 saturated heterocycles. The van der Waals surface area contributed by atoms with Gasteiger partial charge in [0.15, 0.2) is 4.21 Å². The van der Waals surface area contributed by atoms with Gasteiger partial charge in [-0.15, -0.1) is 17.8 Å². The Morgan fingerprint density at radius 2 is 1.94 bits per heavy atom. The number of rotatable bonds is 7. The number of hydroxylamine groups is 1. The van der Waals surface area contributed by atoms with E-state index in [1.807, 2.05) is 55.5 Å². The zero-order valence-corrected chi connectivity index (χ0v) is 19.3. The Kier molecular flexibility index (Phi) is 6.35. The van der Waals surface area contributed by atoms with E-state index in [9.17, 15) is 18.4 Å². The molecule has 0 aliphatic carbocycles. The number of carbonyl (C=O) groups is 1. The lowest BCUT2D eigenvalue weighted by Gasteiger charge is -2.16. The van der Waals surface area contributed by atoms with E-state index in [2.05, 4.69) is 15.6 Å². The number of aryl methyl sites for hydroxylation is 1. The second-order valence-corrected chi connectivity index (χ2v) is 10.5. The zero-order valence-electron chi connectivity index (χ0n) is 17.6. The molecule has 0 aliphatic heterocycles. The Morgan fingerprint density at radius 3 is 2.64 bits per heavy atom. The van der Waals surface area contributed by atoms with Gasteiger partial charge in [-0.2, -0.15) is 4.72 Å². The summed E-state index contributed by atoms with van der Waals surface area (Å²) in [6.07, 6.45) is 7.33. The minimum Gasteiger partial charge on any atom is -0.361 e. The fraction of sp³-hybridized carbons (Fsp3) is 0.125. The summed E-state index contributed by atoms with van der Waals surface area (Å²) < 4.78 is 28.9. The fourth-order valence-corrected chi connectivity index (χ4v) is 6.35. The molecule has 7 nitrogen and oxygen atoms in total. The zero-order chi connectivity index (χ0) is 23.6. The Morgan fingerprint density at radius 1 is 1.21 bits per heavy atom. The number of hydrogen-bond acceptors (Lipinski definition) is 5. The van der Waals surface area contributed by atoms with E-state index in [1.54, 1.807) is 17.7 Å². The lowest BCUT2D eigenvalue weighted by molar-refractivity contribution is -0.130. The first-order chi connectivity index (χ1) is 15.8. The minimum atomic E-state index is -4.17. The number of hydrogen-bond donors (Lipinski definition) is 4. The molecule has 2 heterocycles. The van der Waals surface area contributed by atoms with Crippen LogP contribution in [0.3, 0.4) is 0 Å². The van der Waals surface area contributed by atoms with Gasteiger partial charge in [0.05, 0.1) is 5.56 Å². The van der Waals surface area contributed by atoms with Crippen molar-refractivity contribution in [3.63, 3.8) is 0 Å². The van der Waals surface area contributed by atoms with Gasteiger partial charge in [0.2, 0.25) is 0 Å². The van der Waals surface area contributed by atoms with E-state index >= 15 is 0 Å². The van der Waals surface area contributed by atoms with Crippen LogP contribution in [-0.2, 0) is 21.2 Å². The molecule has 4 rings (SSSR count). The third-order valence-electron chi connectivity index (χ3n) is 5.26. The van der Waals surface area contributed by atoms with E-state index in [0.717, 1.165) is 38.9 Å². The van der Waals surface area contributed by atoms with Crippen molar-refractivity contribution in [3.8, 4) is 22.8 Å². The molecule has 1 amide bonds. The number of nitrogens with one attached hydrogen (secondary N) is 3. The average molecular weight is 480 g/mol. The molecule has 168 valence electrons. The van der Waals surface area contributed by atoms with Crippen molar-refractivity contribution >= 4 is 38.2 Å². The van der Waals surface area contributed by atoms with Gasteiger partial charge in [-0.3, -0.25) is 10.0 Å². The molecular weight excluding hydrogens is 458 g/mol. The van der Waals surface area contributed by atoms with Gasteiger partial charge >= 0.3 is 0 Å². The van der Waals surface area contributed by atoms with Crippen molar-refractivity contribution in [3.05, 3.63) is 77.5 Å². The Labute approximate surface area is 195 Å². The van der Waals surface area contributed by atoms with Gasteiger partial charge in [0.1, 0.15) is 6.04 Å². The Hall–Kier alpha value is -3.42. The minimum absolute atomic E-state index is 0.0250. The summed E-state index contributed by atoms with van der Waals surface area (Å²) in [5, 5.41) is 10.1. The monoisotopic (exact) mass is 479 g/mol. The SMILES string of the molecule is C#Cc1cc(-c2ccc(C)cc2)sc1S(=O)(=O)NC(Cc1c[nH]c2ccccc12)C(=O)NO. The molecule has 1 unspecified atom stereocenters. The van der Waals surface area contributed by atoms with Crippen molar-refractivity contribution in [1.29, 1.82) is 0 Å². The number of H-pyrrole nitrogens is 1. The molecule has 0 bridgehead atoms. The van der Waals surface area contributed by atoms with Crippen LogP contribution in [0.15, 0.2) is 65.0 Å². The first kappa shape index (κ1) is 22.8. The van der Waals surface area contributed by atoms with Crippen LogP contribution >= 0.6 is 11.3 Å². The molecule has 4 aromatic rings. The predicted molar refractivity (Wildman–Crippen MR) is 128 cm³/mol. The molecule has 0 aliphatic rings. The molecule has 2 aromatic heterocycles. The van der Waals surface area contributed by atoms with Crippen molar-refractivity contribution in [2.75, 3.05) is 0 Å². The van der Waals surface area contributed by atoms with Crippen molar-refractivity contribution < 1.29 is 18.4 Å². The molecule has 0 saturated carbocycles. The lowest BCUT2D eigenvalue weighted by atomic mass is 10.1. The fourth-order valence-electron chi connectivity index (χ4n) is 3.56. The van der Waals surface area contributed by atoms with Gasteiger partial charge < -0.3 is 4.98 Å². The molecule has 33 heavy (non-hydrogen) atoms.